The van der Waals surface area contributed by atoms with Crippen LogP contribution in [0.3, 0.4) is 0 Å². The van der Waals surface area contributed by atoms with Crippen molar-refractivity contribution in [1.29, 1.82) is 0 Å². The molecular weight excluding hydrogens is 313 g/mol. The number of carbonyl (C=O) groups is 1. The average Bonchev–Trinajstić information content (AvgIpc) is 2.19. The van der Waals surface area contributed by atoms with Gasteiger partial charge in [0.2, 0.25) is 0 Å². The molecule has 0 aromatic carbocycles. The van der Waals surface area contributed by atoms with Crippen LogP contribution in [0.15, 0.2) is 32.1 Å². The lowest BCUT2D eigenvalue weighted by atomic mass is 10.2. The third-order valence-electron chi connectivity index (χ3n) is 1.91. The Balaban J connectivity index is 2.40. The Morgan fingerprint density at radius 1 is 1.47 bits per heavy atom. The number of carboxylic acid groups (broad SMARTS) is 1. The molecule has 2 aliphatic rings. The van der Waals surface area contributed by atoms with Crippen molar-refractivity contribution >= 4 is 40.1 Å². The molecule has 0 aliphatic carbocycles. The Morgan fingerprint density at radius 3 is 2.87 bits per heavy atom. The highest BCUT2D eigenvalue weighted by molar-refractivity contribution is 14.1. The molecular formula is C8H6IN3O3. The van der Waals surface area contributed by atoms with Crippen molar-refractivity contribution in [2.45, 2.75) is 6.23 Å². The SMILES string of the molecule is O=C(O)C1=NN=C2C=CC(I)=CN2C1O. The van der Waals surface area contributed by atoms with E-state index in [1.54, 1.807) is 18.4 Å². The summed E-state index contributed by atoms with van der Waals surface area (Å²) < 4.78 is 0.872. The first-order valence-corrected chi connectivity index (χ1v) is 5.08. The highest BCUT2D eigenvalue weighted by Gasteiger charge is 2.31. The fourth-order valence-corrected chi connectivity index (χ4v) is 1.68. The Bertz CT molecular complexity index is 438. The van der Waals surface area contributed by atoms with E-state index in [1.165, 1.54) is 4.90 Å². The summed E-state index contributed by atoms with van der Waals surface area (Å²) in [6.45, 7) is 0. The molecule has 0 aromatic heterocycles. The fraction of sp³-hybridized carbons (Fsp3) is 0.125. The molecule has 2 heterocycles. The highest BCUT2D eigenvalue weighted by atomic mass is 127. The minimum Gasteiger partial charge on any atom is -0.477 e. The number of amidine groups is 1. The van der Waals surface area contributed by atoms with Crippen LogP contribution in [0, 0.1) is 0 Å². The van der Waals surface area contributed by atoms with E-state index in [0.717, 1.165) is 3.58 Å². The number of halogens is 1. The number of nitrogens with zero attached hydrogens (tertiary/aromatic N) is 3. The van der Waals surface area contributed by atoms with Gasteiger partial charge >= 0.3 is 5.97 Å². The monoisotopic (exact) mass is 319 g/mol. The number of aliphatic hydroxyl groups excluding tert-OH is 1. The molecule has 0 spiro atoms. The predicted octanol–water partition coefficient (Wildman–Crippen LogP) is 0.306. The number of rotatable bonds is 1. The van der Waals surface area contributed by atoms with E-state index in [9.17, 15) is 9.90 Å². The first-order valence-electron chi connectivity index (χ1n) is 4.00. The molecule has 0 bridgehead atoms. The summed E-state index contributed by atoms with van der Waals surface area (Å²) in [7, 11) is 0. The van der Waals surface area contributed by atoms with Gasteiger partial charge in [0.05, 0.1) is 0 Å². The van der Waals surface area contributed by atoms with E-state index in [0.29, 0.717) is 5.84 Å². The summed E-state index contributed by atoms with van der Waals surface area (Å²) in [5.74, 6) is -0.851. The van der Waals surface area contributed by atoms with E-state index in [-0.39, 0.29) is 5.71 Å². The van der Waals surface area contributed by atoms with Crippen LogP contribution in [-0.4, -0.2) is 38.9 Å². The minimum atomic E-state index is -1.29. The van der Waals surface area contributed by atoms with Gasteiger partial charge in [-0.05, 0) is 34.7 Å². The lowest BCUT2D eigenvalue weighted by Gasteiger charge is -2.29. The zero-order valence-corrected chi connectivity index (χ0v) is 9.49. The maximum Gasteiger partial charge on any atom is 0.356 e. The zero-order chi connectivity index (χ0) is 11.0. The Labute approximate surface area is 98.4 Å². The number of fused-ring (bicyclic) bond motifs is 1. The second-order valence-electron chi connectivity index (χ2n) is 2.88. The molecule has 15 heavy (non-hydrogen) atoms. The number of aliphatic hydroxyl groups is 1. The molecule has 1 unspecified atom stereocenters. The molecule has 0 radical (unpaired) electrons. The quantitative estimate of drug-likeness (QED) is 0.681. The summed E-state index contributed by atoms with van der Waals surface area (Å²) >= 11 is 2.06. The molecule has 0 amide bonds. The molecule has 6 nitrogen and oxygen atoms in total. The number of aliphatic carboxylic acids is 1. The molecule has 2 aliphatic heterocycles. The van der Waals surface area contributed by atoms with Gasteiger partial charge in [0.25, 0.3) is 0 Å². The predicted molar refractivity (Wildman–Crippen MR) is 61.6 cm³/mol. The summed E-state index contributed by atoms with van der Waals surface area (Å²) in [5, 5.41) is 25.6. The van der Waals surface area contributed by atoms with Crippen molar-refractivity contribution in [1.82, 2.24) is 4.90 Å². The van der Waals surface area contributed by atoms with Gasteiger partial charge in [-0.25, -0.2) is 4.79 Å². The van der Waals surface area contributed by atoms with E-state index in [1.807, 2.05) is 0 Å². The van der Waals surface area contributed by atoms with E-state index in [2.05, 4.69) is 32.8 Å². The number of allylic oxidation sites excluding steroid dienone is 2. The van der Waals surface area contributed by atoms with Crippen LogP contribution in [0.5, 0.6) is 0 Å². The Hall–Kier alpha value is -1.22. The van der Waals surface area contributed by atoms with Crippen molar-refractivity contribution < 1.29 is 15.0 Å². The number of hydrogen-bond acceptors (Lipinski definition) is 5. The maximum absolute atomic E-state index is 10.7. The van der Waals surface area contributed by atoms with Crippen LogP contribution in [0.2, 0.25) is 0 Å². The van der Waals surface area contributed by atoms with Crippen molar-refractivity contribution in [2.24, 2.45) is 10.2 Å². The van der Waals surface area contributed by atoms with Crippen molar-refractivity contribution in [3.05, 3.63) is 21.9 Å². The second kappa shape index (κ2) is 3.74. The van der Waals surface area contributed by atoms with Gasteiger partial charge in [0.1, 0.15) is 0 Å². The number of carboxylic acids is 1. The lowest BCUT2D eigenvalue weighted by molar-refractivity contribution is -0.130. The molecule has 0 fully saturated rings. The molecule has 78 valence electrons. The second-order valence-corrected chi connectivity index (χ2v) is 4.12. The van der Waals surface area contributed by atoms with E-state index >= 15 is 0 Å². The Morgan fingerprint density at radius 2 is 2.20 bits per heavy atom. The first kappa shape index (κ1) is 10.3. The van der Waals surface area contributed by atoms with E-state index in [4.69, 9.17) is 5.11 Å². The molecule has 2 rings (SSSR count). The van der Waals surface area contributed by atoms with Gasteiger partial charge in [-0.1, -0.05) is 0 Å². The van der Waals surface area contributed by atoms with Crippen molar-refractivity contribution in [2.75, 3.05) is 0 Å². The van der Waals surface area contributed by atoms with Crippen LogP contribution in [0.4, 0.5) is 0 Å². The summed E-state index contributed by atoms with van der Waals surface area (Å²) in [6, 6.07) is 0. The summed E-state index contributed by atoms with van der Waals surface area (Å²) in [6.07, 6.45) is 3.78. The van der Waals surface area contributed by atoms with Crippen LogP contribution in [0.1, 0.15) is 0 Å². The first-order chi connectivity index (χ1) is 7.09. The highest BCUT2D eigenvalue weighted by Crippen LogP contribution is 2.20. The number of hydrogen-bond donors (Lipinski definition) is 2. The summed E-state index contributed by atoms with van der Waals surface area (Å²) in [5.41, 5.74) is -0.380. The maximum atomic E-state index is 10.7. The van der Waals surface area contributed by atoms with Crippen LogP contribution in [-0.2, 0) is 4.79 Å². The third-order valence-corrected chi connectivity index (χ3v) is 2.54. The van der Waals surface area contributed by atoms with Crippen molar-refractivity contribution in [3.8, 4) is 0 Å². The van der Waals surface area contributed by atoms with Gasteiger partial charge < -0.3 is 10.2 Å². The van der Waals surface area contributed by atoms with Gasteiger partial charge in [-0.2, -0.15) is 0 Å². The normalized spacial score (nSPS) is 24.0. The molecule has 0 saturated heterocycles. The molecule has 7 heteroatoms. The third kappa shape index (κ3) is 1.79. The standard InChI is InChI=1S/C8H6IN3O3/c9-4-1-2-5-10-11-6(8(14)15)7(13)12(5)3-4/h1-3,7,13H,(H,14,15). The smallest absolute Gasteiger partial charge is 0.356 e. The largest absolute Gasteiger partial charge is 0.477 e. The fourth-order valence-electron chi connectivity index (χ4n) is 1.20. The topological polar surface area (TPSA) is 85.5 Å². The lowest BCUT2D eigenvalue weighted by Crippen LogP contribution is -2.46. The van der Waals surface area contributed by atoms with Crippen LogP contribution in [0.25, 0.3) is 0 Å². The van der Waals surface area contributed by atoms with E-state index < -0.39 is 12.2 Å². The van der Waals surface area contributed by atoms with Crippen molar-refractivity contribution in [3.63, 3.8) is 0 Å². The van der Waals surface area contributed by atoms with Crippen LogP contribution >= 0.6 is 22.6 Å². The molecule has 0 saturated carbocycles. The Kier molecular flexibility index (Phi) is 2.57. The summed E-state index contributed by atoms with van der Waals surface area (Å²) in [4.78, 5) is 12.1. The van der Waals surface area contributed by atoms with Gasteiger partial charge in [-0.3, -0.25) is 4.90 Å². The van der Waals surface area contributed by atoms with Gasteiger partial charge in [-0.15, -0.1) is 10.2 Å². The van der Waals surface area contributed by atoms with Gasteiger partial charge in [0.15, 0.2) is 17.8 Å². The molecule has 0 aromatic rings. The van der Waals surface area contributed by atoms with Gasteiger partial charge in [0, 0.05) is 9.78 Å². The molecule has 1 atom stereocenters. The molecule has 2 N–H and O–H groups in total. The van der Waals surface area contributed by atoms with Crippen LogP contribution < -0.4 is 0 Å². The average molecular weight is 319 g/mol. The minimum absolute atomic E-state index is 0.380. The zero-order valence-electron chi connectivity index (χ0n) is 7.33.